The average Bonchev–Trinajstić information content (AvgIpc) is 2.56. The Morgan fingerprint density at radius 1 is 1.41 bits per heavy atom. The van der Waals surface area contributed by atoms with Gasteiger partial charge in [-0.2, -0.15) is 0 Å². The molecule has 0 spiro atoms. The second kappa shape index (κ2) is 6.26. The van der Waals surface area contributed by atoms with Crippen molar-refractivity contribution in [2.45, 2.75) is 39.8 Å². The van der Waals surface area contributed by atoms with Crippen molar-refractivity contribution in [3.63, 3.8) is 0 Å². The molecule has 1 heterocycles. The van der Waals surface area contributed by atoms with Gasteiger partial charge >= 0.3 is 0 Å². The number of hydrogen-bond donors (Lipinski definition) is 1. The number of anilines is 1. The molecule has 0 unspecified atom stereocenters. The number of nitrogens with one attached hydrogen (secondary N) is 1. The first-order valence-electron chi connectivity index (χ1n) is 5.59. The smallest absolute Gasteiger partial charge is 0.255 e. The number of thiazole rings is 1. The number of aryl methyl sites for hydroxylation is 1. The fourth-order valence-corrected chi connectivity index (χ4v) is 2.30. The molecule has 3 nitrogen and oxygen atoms in total. The monoisotopic (exact) mass is 263 g/mol. The van der Waals surface area contributed by atoms with Crippen molar-refractivity contribution in [3.8, 4) is 0 Å². The van der Waals surface area contributed by atoms with E-state index in [2.05, 4.69) is 24.1 Å². The van der Waals surface area contributed by atoms with Crippen LogP contribution in [-0.4, -0.2) is 31.0 Å². The molecule has 0 radical (unpaired) electrons. The summed E-state index contributed by atoms with van der Waals surface area (Å²) in [4.78, 5) is 6.92. The largest absolute Gasteiger partial charge is 0.345 e. The molecule has 0 bridgehead atoms. The summed E-state index contributed by atoms with van der Waals surface area (Å²) in [7, 11) is 1.64. The molecular weight excluding hydrogens is 244 g/mol. The van der Waals surface area contributed by atoms with Crippen LogP contribution in [0.1, 0.15) is 24.4 Å². The van der Waals surface area contributed by atoms with Crippen molar-refractivity contribution in [2.24, 2.45) is 0 Å². The summed E-state index contributed by atoms with van der Waals surface area (Å²) in [6, 6.07) is 0.402. The summed E-state index contributed by atoms with van der Waals surface area (Å²) < 4.78 is 24.5. The van der Waals surface area contributed by atoms with E-state index in [-0.39, 0.29) is 6.54 Å². The van der Waals surface area contributed by atoms with Gasteiger partial charge < -0.3 is 10.2 Å². The van der Waals surface area contributed by atoms with E-state index in [4.69, 9.17) is 0 Å². The molecule has 1 N–H and O–H groups in total. The summed E-state index contributed by atoms with van der Waals surface area (Å²) >= 11 is 1.47. The van der Waals surface area contributed by atoms with E-state index in [0.29, 0.717) is 11.2 Å². The Labute approximate surface area is 105 Å². The van der Waals surface area contributed by atoms with Gasteiger partial charge in [0.15, 0.2) is 5.13 Å². The maximum Gasteiger partial charge on any atom is 0.255 e. The van der Waals surface area contributed by atoms with Crippen LogP contribution in [0.3, 0.4) is 0 Å². The number of hydrogen-bond acceptors (Lipinski definition) is 4. The lowest BCUT2D eigenvalue weighted by Crippen LogP contribution is -2.23. The second-order valence-corrected chi connectivity index (χ2v) is 5.37. The third-order valence-corrected chi connectivity index (χ3v) is 3.56. The van der Waals surface area contributed by atoms with Gasteiger partial charge in [0.1, 0.15) is 0 Å². The van der Waals surface area contributed by atoms with Gasteiger partial charge in [0.2, 0.25) is 0 Å². The molecule has 0 aliphatic carbocycles. The number of nitrogens with zero attached hydrogens (tertiary/aromatic N) is 2. The zero-order valence-corrected chi connectivity index (χ0v) is 11.4. The summed E-state index contributed by atoms with van der Waals surface area (Å²) in [5.41, 5.74) is 0.916. The summed E-state index contributed by atoms with van der Waals surface area (Å²) in [6.45, 7) is 6.52. The van der Waals surface area contributed by atoms with Crippen LogP contribution in [0.25, 0.3) is 0 Å². The zero-order chi connectivity index (χ0) is 13.0. The Balaban J connectivity index is 2.66. The molecule has 6 heteroatoms. The first kappa shape index (κ1) is 14.3. The van der Waals surface area contributed by atoms with Crippen LogP contribution in [0, 0.1) is 6.92 Å². The highest BCUT2D eigenvalue weighted by Crippen LogP contribution is 2.25. The van der Waals surface area contributed by atoms with E-state index in [1.807, 2.05) is 6.92 Å². The highest BCUT2D eigenvalue weighted by atomic mass is 32.1. The zero-order valence-electron chi connectivity index (χ0n) is 10.6. The van der Waals surface area contributed by atoms with Crippen molar-refractivity contribution in [1.82, 2.24) is 10.3 Å². The van der Waals surface area contributed by atoms with Crippen molar-refractivity contribution in [1.29, 1.82) is 0 Å². The molecule has 0 amide bonds. The Morgan fingerprint density at radius 2 is 2.06 bits per heavy atom. The molecule has 0 aliphatic rings. The highest BCUT2D eigenvalue weighted by molar-refractivity contribution is 7.15. The van der Waals surface area contributed by atoms with Crippen LogP contribution < -0.4 is 10.2 Å². The third kappa shape index (κ3) is 4.55. The molecule has 0 aliphatic heterocycles. The maximum absolute atomic E-state index is 12.3. The van der Waals surface area contributed by atoms with Gasteiger partial charge in [-0.25, -0.2) is 13.8 Å². The molecular formula is C11H19F2N3S. The minimum Gasteiger partial charge on any atom is -0.345 e. The highest BCUT2D eigenvalue weighted by Gasteiger charge is 2.14. The number of halogens is 2. The van der Waals surface area contributed by atoms with Crippen LogP contribution in [0.15, 0.2) is 0 Å². The standard InChI is InChI=1S/C11H19F2N3S/c1-7(2)14-5-9-8(3)15-11(17-9)16(4)6-10(12)13/h7,10,14H,5-6H2,1-4H3. The van der Waals surface area contributed by atoms with Gasteiger partial charge in [0.05, 0.1) is 12.2 Å². The Bertz CT molecular complexity index is 352. The predicted octanol–water partition coefficient (Wildman–Crippen LogP) is 2.65. The molecule has 98 valence electrons. The van der Waals surface area contributed by atoms with E-state index in [1.54, 1.807) is 7.05 Å². The quantitative estimate of drug-likeness (QED) is 0.855. The topological polar surface area (TPSA) is 28.2 Å². The number of aromatic nitrogens is 1. The molecule has 17 heavy (non-hydrogen) atoms. The van der Waals surface area contributed by atoms with Crippen LogP contribution in [0.4, 0.5) is 13.9 Å². The van der Waals surface area contributed by atoms with Gasteiger partial charge in [-0.1, -0.05) is 13.8 Å². The number of alkyl halides is 2. The lowest BCUT2D eigenvalue weighted by Gasteiger charge is -2.14. The summed E-state index contributed by atoms with van der Waals surface area (Å²) in [5, 5.41) is 3.96. The Kier molecular flexibility index (Phi) is 5.27. The molecule has 1 rings (SSSR count). The minimum atomic E-state index is -2.33. The van der Waals surface area contributed by atoms with Gasteiger partial charge in [0.25, 0.3) is 6.43 Å². The maximum atomic E-state index is 12.3. The lowest BCUT2D eigenvalue weighted by atomic mass is 10.3. The normalized spacial score (nSPS) is 11.5. The first-order valence-corrected chi connectivity index (χ1v) is 6.40. The van der Waals surface area contributed by atoms with Crippen molar-refractivity contribution >= 4 is 16.5 Å². The SMILES string of the molecule is Cc1nc(N(C)CC(F)F)sc1CNC(C)C. The first-order chi connectivity index (χ1) is 7.90. The molecule has 0 fully saturated rings. The number of rotatable bonds is 6. The fourth-order valence-electron chi connectivity index (χ4n) is 1.32. The predicted molar refractivity (Wildman–Crippen MR) is 68.1 cm³/mol. The van der Waals surface area contributed by atoms with Crippen molar-refractivity contribution in [3.05, 3.63) is 10.6 Å². The Morgan fingerprint density at radius 3 is 2.59 bits per heavy atom. The van der Waals surface area contributed by atoms with E-state index in [1.165, 1.54) is 16.2 Å². The second-order valence-electron chi connectivity index (χ2n) is 4.31. The molecule has 0 saturated heterocycles. The summed E-state index contributed by atoms with van der Waals surface area (Å²) in [5.74, 6) is 0. The molecule has 0 atom stereocenters. The van der Waals surface area contributed by atoms with Gasteiger partial charge in [-0.05, 0) is 6.92 Å². The van der Waals surface area contributed by atoms with E-state index >= 15 is 0 Å². The van der Waals surface area contributed by atoms with Crippen molar-refractivity contribution < 1.29 is 8.78 Å². The van der Waals surface area contributed by atoms with Crippen LogP contribution in [0.5, 0.6) is 0 Å². The third-order valence-electron chi connectivity index (χ3n) is 2.29. The van der Waals surface area contributed by atoms with Crippen LogP contribution in [-0.2, 0) is 6.54 Å². The van der Waals surface area contributed by atoms with Gasteiger partial charge in [-0.3, -0.25) is 0 Å². The Hall–Kier alpha value is -0.750. The van der Waals surface area contributed by atoms with Crippen LogP contribution in [0.2, 0.25) is 0 Å². The van der Waals surface area contributed by atoms with Gasteiger partial charge in [0, 0.05) is 24.5 Å². The van der Waals surface area contributed by atoms with E-state index < -0.39 is 6.43 Å². The minimum absolute atomic E-state index is 0.274. The molecule has 1 aromatic rings. The van der Waals surface area contributed by atoms with E-state index in [9.17, 15) is 8.78 Å². The van der Waals surface area contributed by atoms with Crippen LogP contribution >= 0.6 is 11.3 Å². The molecule has 0 saturated carbocycles. The van der Waals surface area contributed by atoms with E-state index in [0.717, 1.165) is 17.1 Å². The molecule has 0 aromatic carbocycles. The fraction of sp³-hybridized carbons (Fsp3) is 0.727. The summed E-state index contributed by atoms with van der Waals surface area (Å²) in [6.07, 6.45) is -2.33. The average molecular weight is 263 g/mol. The molecule has 1 aromatic heterocycles. The van der Waals surface area contributed by atoms with Crippen molar-refractivity contribution in [2.75, 3.05) is 18.5 Å². The van der Waals surface area contributed by atoms with Gasteiger partial charge in [-0.15, -0.1) is 11.3 Å². The lowest BCUT2D eigenvalue weighted by molar-refractivity contribution is 0.156.